The molecule has 9 heteroatoms. The Kier molecular flexibility index (Phi) is 7.53. The number of nitrogens with one attached hydrogen (secondary N) is 2. The van der Waals surface area contributed by atoms with Gasteiger partial charge in [-0.25, -0.2) is 4.98 Å². The first-order valence-corrected chi connectivity index (χ1v) is 9.76. The quantitative estimate of drug-likeness (QED) is 0.421. The summed E-state index contributed by atoms with van der Waals surface area (Å²) in [4.78, 5) is 8.53. The first-order chi connectivity index (χ1) is 14.9. The third kappa shape index (κ3) is 7.06. The number of alkyl halides is 3. The molecule has 0 spiro atoms. The predicted molar refractivity (Wildman–Crippen MR) is 113 cm³/mol. The number of halogens is 3. The van der Waals surface area contributed by atoms with Crippen molar-refractivity contribution in [2.75, 3.05) is 13.6 Å². The van der Waals surface area contributed by atoms with Crippen LogP contribution in [0.25, 0.3) is 0 Å². The van der Waals surface area contributed by atoms with Crippen molar-refractivity contribution >= 4 is 5.96 Å². The van der Waals surface area contributed by atoms with Crippen molar-refractivity contribution in [3.05, 3.63) is 83.9 Å². The Morgan fingerprint density at radius 3 is 2.55 bits per heavy atom. The maximum absolute atomic E-state index is 12.6. The first kappa shape index (κ1) is 22.2. The first-order valence-electron chi connectivity index (χ1n) is 9.76. The summed E-state index contributed by atoms with van der Waals surface area (Å²) < 4.78 is 43.9. The molecular formula is C22H24F3N5O. The third-order valence-electron chi connectivity index (χ3n) is 4.51. The van der Waals surface area contributed by atoms with Crippen LogP contribution in [0.15, 0.2) is 72.0 Å². The van der Waals surface area contributed by atoms with Crippen molar-refractivity contribution in [1.29, 1.82) is 0 Å². The lowest BCUT2D eigenvalue weighted by molar-refractivity contribution is -0.274. The second kappa shape index (κ2) is 10.5. The Bertz CT molecular complexity index is 986. The van der Waals surface area contributed by atoms with Crippen LogP contribution < -0.4 is 15.4 Å². The number of ether oxygens (including phenoxy) is 1. The molecule has 0 amide bonds. The van der Waals surface area contributed by atoms with Gasteiger partial charge < -0.3 is 19.9 Å². The summed E-state index contributed by atoms with van der Waals surface area (Å²) in [5, 5.41) is 6.17. The Morgan fingerprint density at radius 2 is 1.81 bits per heavy atom. The van der Waals surface area contributed by atoms with Gasteiger partial charge in [0.05, 0.1) is 0 Å². The molecule has 0 saturated heterocycles. The van der Waals surface area contributed by atoms with E-state index in [-0.39, 0.29) is 12.3 Å². The van der Waals surface area contributed by atoms with E-state index in [1.165, 1.54) is 17.7 Å². The minimum atomic E-state index is -4.74. The van der Waals surface area contributed by atoms with Crippen LogP contribution in [0.4, 0.5) is 13.2 Å². The van der Waals surface area contributed by atoms with Crippen molar-refractivity contribution in [2.24, 2.45) is 4.99 Å². The molecule has 0 fully saturated rings. The molecule has 1 heterocycles. The van der Waals surface area contributed by atoms with E-state index in [2.05, 4.69) is 42.0 Å². The van der Waals surface area contributed by atoms with Gasteiger partial charge in [-0.1, -0.05) is 48.5 Å². The van der Waals surface area contributed by atoms with Gasteiger partial charge in [0.25, 0.3) is 0 Å². The SMILES string of the molecule is CN=C(NCCc1nccn1Cc1ccccc1)NCc1ccccc1OC(F)(F)F. The number of aliphatic imine (C=N–C) groups is 1. The van der Waals surface area contributed by atoms with Crippen LogP contribution in [0, 0.1) is 0 Å². The second-order valence-corrected chi connectivity index (χ2v) is 6.72. The van der Waals surface area contributed by atoms with E-state index >= 15 is 0 Å². The van der Waals surface area contributed by atoms with E-state index in [1.807, 2.05) is 24.4 Å². The molecule has 2 N–H and O–H groups in total. The summed E-state index contributed by atoms with van der Waals surface area (Å²) in [6, 6.07) is 16.1. The van der Waals surface area contributed by atoms with Crippen LogP contribution in [0.2, 0.25) is 0 Å². The van der Waals surface area contributed by atoms with Gasteiger partial charge >= 0.3 is 6.36 Å². The van der Waals surface area contributed by atoms with Gasteiger partial charge in [0.15, 0.2) is 5.96 Å². The smallest absolute Gasteiger partial charge is 0.405 e. The van der Waals surface area contributed by atoms with Gasteiger partial charge in [-0.05, 0) is 11.6 Å². The second-order valence-electron chi connectivity index (χ2n) is 6.72. The largest absolute Gasteiger partial charge is 0.573 e. The number of hydrogen-bond donors (Lipinski definition) is 2. The summed E-state index contributed by atoms with van der Waals surface area (Å²) >= 11 is 0. The molecule has 0 unspecified atom stereocenters. The average Bonchev–Trinajstić information content (AvgIpc) is 3.18. The van der Waals surface area contributed by atoms with Crippen molar-refractivity contribution in [1.82, 2.24) is 20.2 Å². The monoisotopic (exact) mass is 431 g/mol. The Balaban J connectivity index is 1.51. The molecular weight excluding hydrogens is 407 g/mol. The third-order valence-corrected chi connectivity index (χ3v) is 4.51. The van der Waals surface area contributed by atoms with Crippen molar-refractivity contribution in [3.63, 3.8) is 0 Å². The zero-order chi connectivity index (χ0) is 22.1. The Labute approximate surface area is 178 Å². The molecule has 164 valence electrons. The fraction of sp³-hybridized carbons (Fsp3) is 0.273. The lowest BCUT2D eigenvalue weighted by Crippen LogP contribution is -2.38. The molecule has 2 aromatic carbocycles. The minimum Gasteiger partial charge on any atom is -0.405 e. The standard InChI is InChI=1S/C22H24F3N5O/c1-26-21(29-15-18-9-5-6-10-19(18)31-22(23,24)25)28-12-11-20-27-13-14-30(20)16-17-7-3-2-4-8-17/h2-10,13-14H,11-12,15-16H2,1H3,(H2,26,28,29). The van der Waals surface area contributed by atoms with Gasteiger partial charge in [-0.2, -0.15) is 0 Å². The lowest BCUT2D eigenvalue weighted by atomic mass is 10.2. The molecule has 0 radical (unpaired) electrons. The minimum absolute atomic E-state index is 0.133. The normalized spacial score (nSPS) is 11.9. The highest BCUT2D eigenvalue weighted by Gasteiger charge is 2.31. The molecule has 1 aromatic heterocycles. The van der Waals surface area contributed by atoms with E-state index in [0.29, 0.717) is 24.5 Å². The fourth-order valence-corrected chi connectivity index (χ4v) is 3.06. The molecule has 0 saturated carbocycles. The number of benzene rings is 2. The van der Waals surface area contributed by atoms with Crippen molar-refractivity contribution in [2.45, 2.75) is 25.9 Å². The highest BCUT2D eigenvalue weighted by Crippen LogP contribution is 2.26. The number of guanidine groups is 1. The Morgan fingerprint density at radius 1 is 1.06 bits per heavy atom. The summed E-state index contributed by atoms with van der Waals surface area (Å²) in [6.07, 6.45) is -0.373. The van der Waals surface area contributed by atoms with Gasteiger partial charge in [-0.3, -0.25) is 4.99 Å². The Hall–Kier alpha value is -3.49. The average molecular weight is 431 g/mol. The van der Waals surface area contributed by atoms with E-state index < -0.39 is 6.36 Å². The summed E-state index contributed by atoms with van der Waals surface area (Å²) in [5.74, 6) is 1.17. The number of imidazole rings is 1. The van der Waals surface area contributed by atoms with Gasteiger partial charge in [-0.15, -0.1) is 13.2 Å². The number of rotatable bonds is 8. The van der Waals surface area contributed by atoms with E-state index in [1.54, 1.807) is 25.4 Å². The van der Waals surface area contributed by atoms with E-state index in [9.17, 15) is 13.2 Å². The zero-order valence-electron chi connectivity index (χ0n) is 17.1. The van der Waals surface area contributed by atoms with E-state index in [4.69, 9.17) is 0 Å². The van der Waals surface area contributed by atoms with Gasteiger partial charge in [0.1, 0.15) is 11.6 Å². The fourth-order valence-electron chi connectivity index (χ4n) is 3.06. The molecule has 6 nitrogen and oxygen atoms in total. The summed E-state index contributed by atoms with van der Waals surface area (Å²) in [7, 11) is 1.60. The number of para-hydroxylation sites is 1. The van der Waals surface area contributed by atoms with Crippen LogP contribution >= 0.6 is 0 Å². The zero-order valence-corrected chi connectivity index (χ0v) is 17.1. The van der Waals surface area contributed by atoms with E-state index in [0.717, 1.165) is 12.4 Å². The molecule has 0 aliphatic carbocycles. The van der Waals surface area contributed by atoms with Gasteiger partial charge in [0, 0.05) is 51.1 Å². The molecule has 0 aliphatic heterocycles. The number of aromatic nitrogens is 2. The highest BCUT2D eigenvalue weighted by molar-refractivity contribution is 5.79. The molecule has 0 atom stereocenters. The topological polar surface area (TPSA) is 63.5 Å². The molecule has 3 rings (SSSR count). The summed E-state index contributed by atoms with van der Waals surface area (Å²) in [5.41, 5.74) is 1.56. The van der Waals surface area contributed by atoms with Crippen molar-refractivity contribution < 1.29 is 17.9 Å². The maximum atomic E-state index is 12.6. The molecule has 31 heavy (non-hydrogen) atoms. The number of hydrogen-bond acceptors (Lipinski definition) is 3. The van der Waals surface area contributed by atoms with Crippen LogP contribution in [-0.4, -0.2) is 35.5 Å². The lowest BCUT2D eigenvalue weighted by Gasteiger charge is -2.15. The van der Waals surface area contributed by atoms with Crippen LogP contribution in [0.1, 0.15) is 17.0 Å². The van der Waals surface area contributed by atoms with Crippen LogP contribution in [0.3, 0.4) is 0 Å². The maximum Gasteiger partial charge on any atom is 0.573 e. The molecule has 3 aromatic rings. The molecule has 0 aliphatic rings. The number of nitrogens with zero attached hydrogens (tertiary/aromatic N) is 3. The highest BCUT2D eigenvalue weighted by atomic mass is 19.4. The van der Waals surface area contributed by atoms with Crippen molar-refractivity contribution in [3.8, 4) is 5.75 Å². The predicted octanol–water partition coefficient (Wildman–Crippen LogP) is 3.74. The summed E-state index contributed by atoms with van der Waals surface area (Å²) in [6.45, 7) is 1.43. The van der Waals surface area contributed by atoms with Crippen LogP contribution in [0.5, 0.6) is 5.75 Å². The molecule has 0 bridgehead atoms. The van der Waals surface area contributed by atoms with Crippen LogP contribution in [-0.2, 0) is 19.5 Å². The van der Waals surface area contributed by atoms with Gasteiger partial charge in [0.2, 0.25) is 0 Å².